The molecule has 1 aromatic rings. The standard InChI is InChI=1S/C19H24N2O4S.CH4S/c22-16(10-9-13-5-2-1-3-6-13)20-14-11-12-26-17-8-4-7-15(19(24)25)21(17)18(14)23;1-2/h1-3,5-6,14-15,17H,4,7-12H2,(H,20,22)(H,24,25);2H,1H3/t14-,15-,17?;/m0./s1. The van der Waals surface area contributed by atoms with Gasteiger partial charge in [-0.1, -0.05) is 30.3 Å². The lowest BCUT2D eigenvalue weighted by molar-refractivity contribution is -0.154. The van der Waals surface area contributed by atoms with Crippen molar-refractivity contribution in [1.29, 1.82) is 0 Å². The molecule has 0 radical (unpaired) electrons. The Kier molecular flexibility index (Phi) is 9.18. The minimum Gasteiger partial charge on any atom is -0.480 e. The van der Waals surface area contributed by atoms with Crippen LogP contribution in [0.1, 0.15) is 37.7 Å². The highest BCUT2D eigenvalue weighted by atomic mass is 32.2. The number of aryl methyl sites for hydroxylation is 1. The van der Waals surface area contributed by atoms with Crippen LogP contribution < -0.4 is 5.32 Å². The van der Waals surface area contributed by atoms with Crippen LogP contribution in [0, 0.1) is 0 Å². The van der Waals surface area contributed by atoms with E-state index in [0.29, 0.717) is 25.7 Å². The van der Waals surface area contributed by atoms with Crippen LogP contribution in [0.15, 0.2) is 30.3 Å². The van der Waals surface area contributed by atoms with Crippen LogP contribution in [0.4, 0.5) is 0 Å². The van der Waals surface area contributed by atoms with E-state index >= 15 is 0 Å². The van der Waals surface area contributed by atoms with Crippen molar-refractivity contribution >= 4 is 42.2 Å². The third-order valence-corrected chi connectivity index (χ3v) is 6.27. The third kappa shape index (κ3) is 5.91. The van der Waals surface area contributed by atoms with Gasteiger partial charge < -0.3 is 15.3 Å². The molecule has 1 aromatic carbocycles. The molecule has 3 rings (SSSR count). The molecule has 154 valence electrons. The quantitative estimate of drug-likeness (QED) is 0.633. The van der Waals surface area contributed by atoms with Gasteiger partial charge in [0, 0.05) is 6.42 Å². The summed E-state index contributed by atoms with van der Waals surface area (Å²) in [6, 6.07) is 8.32. The molecule has 28 heavy (non-hydrogen) atoms. The van der Waals surface area contributed by atoms with Crippen LogP contribution in [0.3, 0.4) is 0 Å². The van der Waals surface area contributed by atoms with E-state index in [1.165, 1.54) is 4.90 Å². The number of hydrogen-bond acceptors (Lipinski definition) is 5. The number of hydrogen-bond donors (Lipinski definition) is 3. The van der Waals surface area contributed by atoms with Crippen molar-refractivity contribution in [3.05, 3.63) is 35.9 Å². The molecule has 6 nitrogen and oxygen atoms in total. The summed E-state index contributed by atoms with van der Waals surface area (Å²) in [6.07, 6.45) is 5.27. The molecule has 1 unspecified atom stereocenters. The lowest BCUT2D eigenvalue weighted by Gasteiger charge is -2.39. The van der Waals surface area contributed by atoms with Crippen molar-refractivity contribution in [3.8, 4) is 0 Å². The van der Waals surface area contributed by atoms with Crippen LogP contribution in [0.25, 0.3) is 0 Å². The number of carboxylic acids is 1. The van der Waals surface area contributed by atoms with Gasteiger partial charge in [0.15, 0.2) is 0 Å². The first-order valence-corrected chi connectivity index (χ1v) is 11.4. The molecule has 0 saturated carbocycles. The first-order chi connectivity index (χ1) is 13.6. The normalized spacial score (nSPS) is 24.3. The van der Waals surface area contributed by atoms with Crippen molar-refractivity contribution < 1.29 is 19.5 Å². The van der Waals surface area contributed by atoms with Crippen LogP contribution in [-0.4, -0.2) is 57.3 Å². The maximum atomic E-state index is 12.9. The van der Waals surface area contributed by atoms with Crippen LogP contribution in [0.2, 0.25) is 0 Å². The zero-order valence-electron chi connectivity index (χ0n) is 16.0. The molecule has 0 spiro atoms. The van der Waals surface area contributed by atoms with E-state index in [2.05, 4.69) is 17.9 Å². The van der Waals surface area contributed by atoms with E-state index in [1.807, 2.05) is 30.3 Å². The number of thiol groups is 1. The molecular weight excluding hydrogens is 396 g/mol. The molecule has 2 heterocycles. The summed E-state index contributed by atoms with van der Waals surface area (Å²) in [4.78, 5) is 38.3. The van der Waals surface area contributed by atoms with Crippen molar-refractivity contribution in [2.24, 2.45) is 0 Å². The maximum absolute atomic E-state index is 12.9. The number of rotatable bonds is 5. The van der Waals surface area contributed by atoms with Crippen LogP contribution in [-0.2, 0) is 20.8 Å². The Labute approximate surface area is 175 Å². The highest BCUT2D eigenvalue weighted by Gasteiger charge is 2.42. The van der Waals surface area contributed by atoms with Gasteiger partial charge in [0.25, 0.3) is 0 Å². The smallest absolute Gasteiger partial charge is 0.326 e. The topological polar surface area (TPSA) is 86.7 Å². The number of aliphatic carboxylic acids is 1. The molecule has 0 aromatic heterocycles. The zero-order valence-corrected chi connectivity index (χ0v) is 17.8. The Bertz CT molecular complexity index is 671. The average Bonchev–Trinajstić information content (AvgIpc) is 2.88. The van der Waals surface area contributed by atoms with Crippen molar-refractivity contribution in [1.82, 2.24) is 10.2 Å². The van der Waals surface area contributed by atoms with E-state index in [1.54, 1.807) is 18.0 Å². The molecule has 2 N–H and O–H groups in total. The number of amides is 2. The number of carboxylic acid groups (broad SMARTS) is 1. The van der Waals surface area contributed by atoms with Crippen molar-refractivity contribution in [2.45, 2.75) is 56.0 Å². The van der Waals surface area contributed by atoms with Crippen molar-refractivity contribution in [2.75, 3.05) is 12.0 Å². The second kappa shape index (κ2) is 11.4. The zero-order chi connectivity index (χ0) is 20.5. The highest BCUT2D eigenvalue weighted by Crippen LogP contribution is 2.34. The summed E-state index contributed by atoms with van der Waals surface area (Å²) in [5.41, 5.74) is 1.08. The molecule has 3 atom stereocenters. The summed E-state index contributed by atoms with van der Waals surface area (Å²) in [5, 5.41) is 12.2. The van der Waals surface area contributed by atoms with Gasteiger partial charge in [-0.15, -0.1) is 11.8 Å². The summed E-state index contributed by atoms with van der Waals surface area (Å²) < 4.78 is 0. The monoisotopic (exact) mass is 424 g/mol. The van der Waals surface area contributed by atoms with E-state index in [0.717, 1.165) is 24.2 Å². The van der Waals surface area contributed by atoms with E-state index in [9.17, 15) is 19.5 Å². The summed E-state index contributed by atoms with van der Waals surface area (Å²) in [6.45, 7) is 0. The second-order valence-corrected chi connectivity index (χ2v) is 8.04. The Balaban J connectivity index is 0.00000136. The highest BCUT2D eigenvalue weighted by molar-refractivity contribution is 7.99. The Morgan fingerprint density at radius 3 is 2.61 bits per heavy atom. The maximum Gasteiger partial charge on any atom is 0.326 e. The number of nitrogens with zero attached hydrogens (tertiary/aromatic N) is 1. The molecule has 2 aliphatic rings. The van der Waals surface area contributed by atoms with Crippen molar-refractivity contribution in [3.63, 3.8) is 0 Å². The molecule has 2 amide bonds. The number of thioether (sulfide) groups is 1. The fourth-order valence-electron chi connectivity index (χ4n) is 3.59. The number of benzene rings is 1. The van der Waals surface area contributed by atoms with Gasteiger partial charge in [-0.25, -0.2) is 4.79 Å². The number of carbonyl (C=O) groups excluding carboxylic acids is 2. The minimum atomic E-state index is -0.959. The average molecular weight is 425 g/mol. The third-order valence-electron chi connectivity index (χ3n) is 4.95. The number of piperidine rings is 1. The second-order valence-electron chi connectivity index (χ2n) is 6.75. The van der Waals surface area contributed by atoms with E-state index in [4.69, 9.17) is 0 Å². The Morgan fingerprint density at radius 1 is 1.21 bits per heavy atom. The van der Waals surface area contributed by atoms with Crippen LogP contribution >= 0.6 is 24.4 Å². The first kappa shape index (κ1) is 22.6. The van der Waals surface area contributed by atoms with Gasteiger partial charge in [-0.3, -0.25) is 9.59 Å². The first-order valence-electron chi connectivity index (χ1n) is 9.51. The fourth-order valence-corrected chi connectivity index (χ4v) is 4.98. The van der Waals surface area contributed by atoms with Gasteiger partial charge in [0.2, 0.25) is 11.8 Å². The molecule has 2 fully saturated rings. The molecule has 0 bridgehead atoms. The molecular formula is C20H28N2O4S2. The minimum absolute atomic E-state index is 0.0939. The fraction of sp³-hybridized carbons (Fsp3) is 0.550. The largest absolute Gasteiger partial charge is 0.480 e. The molecule has 2 aliphatic heterocycles. The molecule has 8 heteroatoms. The van der Waals surface area contributed by atoms with Gasteiger partial charge in [0.05, 0.1) is 5.37 Å². The summed E-state index contributed by atoms with van der Waals surface area (Å²) >= 11 is 5.15. The lowest BCUT2D eigenvalue weighted by Crippen LogP contribution is -2.57. The van der Waals surface area contributed by atoms with Gasteiger partial charge >= 0.3 is 5.97 Å². The molecule has 0 aliphatic carbocycles. The summed E-state index contributed by atoms with van der Waals surface area (Å²) in [7, 11) is 0. The Morgan fingerprint density at radius 2 is 1.93 bits per heavy atom. The number of fused-ring (bicyclic) bond motifs is 1. The lowest BCUT2D eigenvalue weighted by atomic mass is 10.00. The predicted molar refractivity (Wildman–Crippen MR) is 115 cm³/mol. The Hall–Kier alpha value is -1.67. The summed E-state index contributed by atoms with van der Waals surface area (Å²) in [5.74, 6) is -0.637. The predicted octanol–water partition coefficient (Wildman–Crippen LogP) is 2.58. The molecule has 2 saturated heterocycles. The van der Waals surface area contributed by atoms with Gasteiger partial charge in [-0.2, -0.15) is 12.6 Å². The SMILES string of the molecule is CS.O=C(CCc1ccccc1)N[C@H]1CCSC2CCC[C@@H](C(=O)O)N2C1=O. The van der Waals surface area contributed by atoms with Gasteiger partial charge in [0.1, 0.15) is 12.1 Å². The van der Waals surface area contributed by atoms with E-state index < -0.39 is 18.1 Å². The van der Waals surface area contributed by atoms with E-state index in [-0.39, 0.29) is 17.2 Å². The van der Waals surface area contributed by atoms with Crippen LogP contribution in [0.5, 0.6) is 0 Å². The van der Waals surface area contributed by atoms with Gasteiger partial charge in [-0.05, 0) is 49.7 Å². The number of nitrogens with one attached hydrogen (secondary N) is 1. The number of carbonyl (C=O) groups is 3.